The van der Waals surface area contributed by atoms with E-state index < -0.39 is 11.7 Å². The van der Waals surface area contributed by atoms with E-state index >= 15 is 0 Å². The summed E-state index contributed by atoms with van der Waals surface area (Å²) in [5.74, 6) is 0. The zero-order chi connectivity index (χ0) is 12.3. The van der Waals surface area contributed by atoms with Crippen molar-refractivity contribution in [2.45, 2.75) is 6.18 Å². The highest BCUT2D eigenvalue weighted by Gasteiger charge is 2.33. The van der Waals surface area contributed by atoms with Gasteiger partial charge in [-0.2, -0.15) is 13.2 Å². The zero-order valence-electron chi connectivity index (χ0n) is 8.36. The molecule has 0 aliphatic heterocycles. The van der Waals surface area contributed by atoms with Crippen LogP contribution in [-0.2, 0) is 11.0 Å². The molecule has 2 nitrogen and oxygen atoms in total. The lowest BCUT2D eigenvalue weighted by Crippen LogP contribution is -2.11. The van der Waals surface area contributed by atoms with Crippen molar-refractivity contribution >= 4 is 17.3 Å². The standard InChI is InChI=1S/C10H9ClF3NO/c1-6(15-16-2)7-3-4-9(11)8(5-7)10(12,13)14/h3-5,15H,1H2,2H3. The summed E-state index contributed by atoms with van der Waals surface area (Å²) in [6.07, 6.45) is -4.49. The van der Waals surface area contributed by atoms with E-state index in [-0.39, 0.29) is 16.3 Å². The largest absolute Gasteiger partial charge is 0.417 e. The molecule has 0 unspecified atom stereocenters. The number of rotatable bonds is 3. The molecule has 0 radical (unpaired) electrons. The summed E-state index contributed by atoms with van der Waals surface area (Å²) in [6, 6.07) is 3.50. The fourth-order valence-electron chi connectivity index (χ4n) is 1.11. The fourth-order valence-corrected chi connectivity index (χ4v) is 1.34. The van der Waals surface area contributed by atoms with E-state index in [0.29, 0.717) is 0 Å². The average Bonchev–Trinajstić information content (AvgIpc) is 2.16. The van der Waals surface area contributed by atoms with Gasteiger partial charge >= 0.3 is 6.18 Å². The Morgan fingerprint density at radius 2 is 2.06 bits per heavy atom. The number of benzene rings is 1. The summed E-state index contributed by atoms with van der Waals surface area (Å²) in [4.78, 5) is 4.55. The Hall–Kier alpha value is -1.20. The van der Waals surface area contributed by atoms with Crippen LogP contribution >= 0.6 is 11.6 Å². The molecule has 0 bridgehead atoms. The molecule has 0 heterocycles. The minimum Gasteiger partial charge on any atom is -0.279 e. The second-order valence-corrected chi connectivity index (χ2v) is 3.38. The summed E-state index contributed by atoms with van der Waals surface area (Å²) in [5, 5.41) is -0.346. The van der Waals surface area contributed by atoms with Crippen LogP contribution in [0.2, 0.25) is 5.02 Å². The molecule has 1 aromatic carbocycles. The molecular weight excluding hydrogens is 243 g/mol. The summed E-state index contributed by atoms with van der Waals surface area (Å²) in [5.41, 5.74) is 1.95. The number of halogens is 4. The minimum atomic E-state index is -4.49. The van der Waals surface area contributed by atoms with Crippen LogP contribution in [-0.4, -0.2) is 7.11 Å². The highest BCUT2D eigenvalue weighted by atomic mass is 35.5. The van der Waals surface area contributed by atoms with E-state index in [2.05, 4.69) is 16.9 Å². The lowest BCUT2D eigenvalue weighted by atomic mass is 10.1. The Balaban J connectivity index is 3.13. The minimum absolute atomic E-state index is 0.227. The van der Waals surface area contributed by atoms with Crippen molar-refractivity contribution in [3.8, 4) is 0 Å². The third-order valence-electron chi connectivity index (χ3n) is 1.85. The highest BCUT2D eigenvalue weighted by Crippen LogP contribution is 2.35. The summed E-state index contributed by atoms with van der Waals surface area (Å²) in [7, 11) is 1.34. The molecule has 0 aliphatic carbocycles. The van der Waals surface area contributed by atoms with Crippen molar-refractivity contribution in [3.05, 3.63) is 40.9 Å². The van der Waals surface area contributed by atoms with Crippen molar-refractivity contribution in [1.29, 1.82) is 0 Å². The Morgan fingerprint density at radius 1 is 1.44 bits per heavy atom. The van der Waals surface area contributed by atoms with E-state index in [1.807, 2.05) is 0 Å². The molecule has 16 heavy (non-hydrogen) atoms. The number of hydrogen-bond acceptors (Lipinski definition) is 2. The van der Waals surface area contributed by atoms with Gasteiger partial charge in [0, 0.05) is 0 Å². The molecule has 6 heteroatoms. The van der Waals surface area contributed by atoms with E-state index in [4.69, 9.17) is 11.6 Å². The second-order valence-electron chi connectivity index (χ2n) is 2.98. The fraction of sp³-hybridized carbons (Fsp3) is 0.200. The summed E-state index contributed by atoms with van der Waals surface area (Å²) < 4.78 is 37.5. The van der Waals surface area contributed by atoms with Gasteiger partial charge < -0.3 is 0 Å². The van der Waals surface area contributed by atoms with Crippen LogP contribution in [0.3, 0.4) is 0 Å². The number of alkyl halides is 3. The molecule has 1 rings (SSSR count). The van der Waals surface area contributed by atoms with Crippen LogP contribution in [0.15, 0.2) is 24.8 Å². The topological polar surface area (TPSA) is 21.3 Å². The van der Waals surface area contributed by atoms with Crippen LogP contribution in [0.1, 0.15) is 11.1 Å². The number of hydroxylamine groups is 1. The first-order valence-corrected chi connectivity index (χ1v) is 4.59. The van der Waals surface area contributed by atoms with E-state index in [9.17, 15) is 13.2 Å². The van der Waals surface area contributed by atoms with Gasteiger partial charge in [0.25, 0.3) is 0 Å². The molecule has 0 spiro atoms. The highest BCUT2D eigenvalue weighted by molar-refractivity contribution is 6.31. The van der Waals surface area contributed by atoms with Gasteiger partial charge in [0.15, 0.2) is 0 Å². The van der Waals surface area contributed by atoms with Gasteiger partial charge in [0.1, 0.15) is 0 Å². The van der Waals surface area contributed by atoms with Gasteiger partial charge in [0.05, 0.1) is 23.4 Å². The normalized spacial score (nSPS) is 11.3. The SMILES string of the molecule is C=C(NOC)c1ccc(Cl)c(C(F)(F)F)c1. The first kappa shape index (κ1) is 12.9. The third-order valence-corrected chi connectivity index (χ3v) is 2.18. The predicted octanol–water partition coefficient (Wildman–Crippen LogP) is 3.48. The smallest absolute Gasteiger partial charge is 0.279 e. The Labute approximate surface area is 95.6 Å². The molecule has 0 saturated carbocycles. The Kier molecular flexibility index (Phi) is 3.83. The molecule has 0 amide bonds. The average molecular weight is 252 g/mol. The lowest BCUT2D eigenvalue weighted by Gasteiger charge is -2.12. The number of nitrogens with one attached hydrogen (secondary N) is 1. The maximum Gasteiger partial charge on any atom is 0.417 e. The van der Waals surface area contributed by atoms with Crippen molar-refractivity contribution in [1.82, 2.24) is 5.48 Å². The summed E-state index contributed by atoms with van der Waals surface area (Å²) in [6.45, 7) is 3.52. The van der Waals surface area contributed by atoms with E-state index in [0.717, 1.165) is 6.07 Å². The zero-order valence-corrected chi connectivity index (χ0v) is 9.12. The lowest BCUT2D eigenvalue weighted by molar-refractivity contribution is -0.137. The Morgan fingerprint density at radius 3 is 2.56 bits per heavy atom. The number of hydrogen-bond donors (Lipinski definition) is 1. The van der Waals surface area contributed by atoms with Crippen LogP contribution in [0.5, 0.6) is 0 Å². The van der Waals surface area contributed by atoms with E-state index in [1.165, 1.54) is 19.2 Å². The van der Waals surface area contributed by atoms with Crippen molar-refractivity contribution in [2.75, 3.05) is 7.11 Å². The van der Waals surface area contributed by atoms with Crippen LogP contribution in [0.4, 0.5) is 13.2 Å². The molecule has 0 fully saturated rings. The van der Waals surface area contributed by atoms with Crippen LogP contribution < -0.4 is 5.48 Å². The van der Waals surface area contributed by atoms with Crippen molar-refractivity contribution in [2.24, 2.45) is 0 Å². The molecule has 0 saturated heterocycles. The molecule has 0 aromatic heterocycles. The van der Waals surface area contributed by atoms with E-state index in [1.54, 1.807) is 0 Å². The Bertz CT molecular complexity index is 404. The predicted molar refractivity (Wildman–Crippen MR) is 55.6 cm³/mol. The van der Waals surface area contributed by atoms with Gasteiger partial charge in [-0.15, -0.1) is 0 Å². The first-order chi connectivity index (χ1) is 7.36. The molecule has 0 atom stereocenters. The van der Waals surface area contributed by atoms with Gasteiger partial charge in [-0.05, 0) is 17.7 Å². The second kappa shape index (κ2) is 4.76. The molecular formula is C10H9ClF3NO. The molecule has 88 valence electrons. The van der Waals surface area contributed by atoms with Gasteiger partial charge in [-0.1, -0.05) is 24.2 Å². The summed E-state index contributed by atoms with van der Waals surface area (Å²) >= 11 is 5.46. The van der Waals surface area contributed by atoms with Gasteiger partial charge in [0.2, 0.25) is 0 Å². The van der Waals surface area contributed by atoms with Crippen LogP contribution in [0.25, 0.3) is 5.70 Å². The quantitative estimate of drug-likeness (QED) is 0.831. The van der Waals surface area contributed by atoms with Gasteiger partial charge in [-0.25, -0.2) is 0 Å². The van der Waals surface area contributed by atoms with Crippen molar-refractivity contribution < 1.29 is 18.0 Å². The van der Waals surface area contributed by atoms with Crippen LogP contribution in [0, 0.1) is 0 Å². The third kappa shape index (κ3) is 2.90. The monoisotopic (exact) mass is 251 g/mol. The van der Waals surface area contributed by atoms with Crippen molar-refractivity contribution in [3.63, 3.8) is 0 Å². The maximum atomic E-state index is 12.5. The molecule has 1 aromatic rings. The first-order valence-electron chi connectivity index (χ1n) is 4.21. The van der Waals surface area contributed by atoms with Gasteiger partial charge in [-0.3, -0.25) is 10.3 Å². The maximum absolute atomic E-state index is 12.5. The molecule has 1 N–H and O–H groups in total. The molecule has 0 aliphatic rings.